The number of aromatic nitrogens is 3. The van der Waals surface area contributed by atoms with Crippen LogP contribution in [0.3, 0.4) is 0 Å². The van der Waals surface area contributed by atoms with Crippen LogP contribution in [0.4, 0.5) is 4.39 Å². The van der Waals surface area contributed by atoms with E-state index < -0.39 is 0 Å². The average Bonchev–Trinajstić information content (AvgIpc) is 3.26. The molecule has 6 nitrogen and oxygen atoms in total. The number of hydrogen-bond donors (Lipinski definition) is 1. The molecule has 0 saturated heterocycles. The highest BCUT2D eigenvalue weighted by Gasteiger charge is 2.36. The molecule has 1 amide bonds. The summed E-state index contributed by atoms with van der Waals surface area (Å²) in [6.45, 7) is -0.118. The number of nitrogens with zero attached hydrogens (tertiary/aromatic N) is 3. The van der Waals surface area contributed by atoms with Gasteiger partial charge < -0.3 is 10.1 Å². The maximum Gasteiger partial charge on any atom is 0.258 e. The Hall–Kier alpha value is -2.44. The Morgan fingerprint density at radius 2 is 2.18 bits per heavy atom. The lowest BCUT2D eigenvalue weighted by Gasteiger charge is -2.17. The molecule has 1 aliphatic rings. The molecule has 116 valence electrons. The number of benzene rings is 1. The van der Waals surface area contributed by atoms with Gasteiger partial charge >= 0.3 is 0 Å². The molecule has 1 aromatic heterocycles. The van der Waals surface area contributed by atoms with Gasteiger partial charge in [-0.15, -0.1) is 0 Å². The van der Waals surface area contributed by atoms with Crippen molar-refractivity contribution in [1.29, 1.82) is 0 Å². The molecule has 3 rings (SSSR count). The summed E-state index contributed by atoms with van der Waals surface area (Å²) >= 11 is 0. The zero-order valence-corrected chi connectivity index (χ0v) is 12.2. The van der Waals surface area contributed by atoms with Gasteiger partial charge in [-0.25, -0.2) is 9.37 Å². The maximum absolute atomic E-state index is 12.8. The van der Waals surface area contributed by atoms with Crippen molar-refractivity contribution in [3.05, 3.63) is 42.2 Å². The van der Waals surface area contributed by atoms with Crippen molar-refractivity contribution in [1.82, 2.24) is 20.1 Å². The van der Waals surface area contributed by atoms with E-state index in [2.05, 4.69) is 15.4 Å². The first-order valence-corrected chi connectivity index (χ1v) is 7.15. The number of halogens is 1. The highest BCUT2D eigenvalue weighted by atomic mass is 19.1. The standard InChI is InChI=1S/C15H17FN4O2/c1-20-15(17-9-18-20)14(10-2-3-10)19-13(21)8-22-12-6-4-11(16)5-7-12/h4-7,9-10,14H,2-3,8H2,1H3,(H,19,21)/t14-/m1/s1. The molecule has 22 heavy (non-hydrogen) atoms. The van der Waals surface area contributed by atoms with Crippen molar-refractivity contribution in [2.75, 3.05) is 6.61 Å². The van der Waals surface area contributed by atoms with E-state index in [-0.39, 0.29) is 24.4 Å². The van der Waals surface area contributed by atoms with Gasteiger partial charge in [-0.1, -0.05) is 0 Å². The van der Waals surface area contributed by atoms with Crippen LogP contribution < -0.4 is 10.1 Å². The van der Waals surface area contributed by atoms with E-state index in [0.29, 0.717) is 11.7 Å². The van der Waals surface area contributed by atoms with E-state index in [1.54, 1.807) is 11.7 Å². The molecule has 0 unspecified atom stereocenters. The summed E-state index contributed by atoms with van der Waals surface area (Å²) in [7, 11) is 1.80. The molecule has 0 aliphatic heterocycles. The summed E-state index contributed by atoms with van der Waals surface area (Å²) in [6, 6.07) is 5.42. The van der Waals surface area contributed by atoms with Crippen LogP contribution in [-0.4, -0.2) is 27.3 Å². The van der Waals surface area contributed by atoms with E-state index in [9.17, 15) is 9.18 Å². The van der Waals surface area contributed by atoms with Crippen molar-refractivity contribution >= 4 is 5.91 Å². The Morgan fingerprint density at radius 3 is 2.77 bits per heavy atom. The molecule has 7 heteroatoms. The number of aryl methyl sites for hydroxylation is 1. The maximum atomic E-state index is 12.8. The first-order chi connectivity index (χ1) is 10.6. The van der Waals surface area contributed by atoms with Gasteiger partial charge in [0, 0.05) is 7.05 Å². The molecule has 1 aliphatic carbocycles. The molecule has 0 bridgehead atoms. The Morgan fingerprint density at radius 1 is 1.45 bits per heavy atom. The Balaban J connectivity index is 1.58. The summed E-state index contributed by atoms with van der Waals surface area (Å²) in [5.74, 6) is 1.03. The highest BCUT2D eigenvalue weighted by Crippen LogP contribution is 2.40. The minimum Gasteiger partial charge on any atom is -0.484 e. The third-order valence-electron chi connectivity index (χ3n) is 3.62. The average molecular weight is 304 g/mol. The second-order valence-electron chi connectivity index (χ2n) is 5.37. The van der Waals surface area contributed by atoms with Gasteiger partial charge in [0.25, 0.3) is 5.91 Å². The fraction of sp³-hybridized carbons (Fsp3) is 0.400. The number of amides is 1. The number of hydrogen-bond acceptors (Lipinski definition) is 4. The van der Waals surface area contributed by atoms with Crippen LogP contribution in [-0.2, 0) is 11.8 Å². The molecule has 0 radical (unpaired) electrons. The van der Waals surface area contributed by atoms with Gasteiger partial charge in [-0.2, -0.15) is 5.10 Å². The van der Waals surface area contributed by atoms with Crippen molar-refractivity contribution in [3.8, 4) is 5.75 Å². The SMILES string of the molecule is Cn1ncnc1[C@H](NC(=O)COc1ccc(F)cc1)C1CC1. The van der Waals surface area contributed by atoms with Gasteiger partial charge in [0.1, 0.15) is 23.7 Å². The van der Waals surface area contributed by atoms with E-state index in [0.717, 1.165) is 18.7 Å². The van der Waals surface area contributed by atoms with Crippen LogP contribution in [0.2, 0.25) is 0 Å². The van der Waals surface area contributed by atoms with Crippen LogP contribution >= 0.6 is 0 Å². The molecular weight excluding hydrogens is 287 g/mol. The summed E-state index contributed by atoms with van der Waals surface area (Å²) in [4.78, 5) is 16.3. The van der Waals surface area contributed by atoms with Crippen molar-refractivity contribution in [2.24, 2.45) is 13.0 Å². The normalized spacial score (nSPS) is 15.4. The van der Waals surface area contributed by atoms with Gasteiger partial charge in [0.05, 0.1) is 6.04 Å². The minimum atomic E-state index is -0.340. The first kappa shape index (κ1) is 14.5. The Labute approximate surface area is 127 Å². The number of rotatable bonds is 6. The third-order valence-corrected chi connectivity index (χ3v) is 3.62. The number of ether oxygens (including phenoxy) is 1. The van der Waals surface area contributed by atoms with E-state index >= 15 is 0 Å². The van der Waals surface area contributed by atoms with Gasteiger partial charge in [0.15, 0.2) is 6.61 Å². The molecule has 1 atom stereocenters. The highest BCUT2D eigenvalue weighted by molar-refractivity contribution is 5.78. The largest absolute Gasteiger partial charge is 0.484 e. The monoisotopic (exact) mass is 304 g/mol. The summed E-state index contributed by atoms with van der Waals surface area (Å²) in [5.41, 5.74) is 0. The zero-order valence-electron chi connectivity index (χ0n) is 12.2. The molecule has 1 aromatic carbocycles. The van der Waals surface area contributed by atoms with Gasteiger partial charge in [0.2, 0.25) is 0 Å². The summed E-state index contributed by atoms with van der Waals surface area (Å²) in [6.07, 6.45) is 3.61. The van der Waals surface area contributed by atoms with Crippen LogP contribution in [0.15, 0.2) is 30.6 Å². The number of carbonyl (C=O) groups excluding carboxylic acids is 1. The van der Waals surface area contributed by atoms with E-state index in [1.165, 1.54) is 30.6 Å². The molecule has 1 N–H and O–H groups in total. The van der Waals surface area contributed by atoms with Crippen LogP contribution in [0.1, 0.15) is 24.7 Å². The topological polar surface area (TPSA) is 69.0 Å². The Bertz CT molecular complexity index is 652. The quantitative estimate of drug-likeness (QED) is 0.880. The molecule has 2 aromatic rings. The lowest BCUT2D eigenvalue weighted by atomic mass is 10.1. The minimum absolute atomic E-state index is 0.118. The molecule has 1 fully saturated rings. The molecule has 0 spiro atoms. The van der Waals surface area contributed by atoms with E-state index in [1.807, 2.05) is 0 Å². The fourth-order valence-corrected chi connectivity index (χ4v) is 2.30. The third kappa shape index (κ3) is 3.41. The predicted octanol–water partition coefficient (Wildman–Crippen LogP) is 1.60. The van der Waals surface area contributed by atoms with Crippen molar-refractivity contribution < 1.29 is 13.9 Å². The predicted molar refractivity (Wildman–Crippen MR) is 76.5 cm³/mol. The molecule has 1 heterocycles. The smallest absolute Gasteiger partial charge is 0.258 e. The summed E-state index contributed by atoms with van der Waals surface area (Å²) in [5, 5.41) is 6.99. The fourth-order valence-electron chi connectivity index (χ4n) is 2.30. The number of nitrogens with one attached hydrogen (secondary N) is 1. The van der Waals surface area contributed by atoms with Gasteiger partial charge in [-0.05, 0) is 43.0 Å². The number of carbonyl (C=O) groups is 1. The first-order valence-electron chi connectivity index (χ1n) is 7.15. The van der Waals surface area contributed by atoms with Crippen LogP contribution in [0.25, 0.3) is 0 Å². The van der Waals surface area contributed by atoms with Crippen LogP contribution in [0, 0.1) is 11.7 Å². The lowest BCUT2D eigenvalue weighted by Crippen LogP contribution is -2.35. The zero-order chi connectivity index (χ0) is 15.5. The second kappa shape index (κ2) is 6.13. The molecular formula is C15H17FN4O2. The van der Waals surface area contributed by atoms with Crippen molar-refractivity contribution in [3.63, 3.8) is 0 Å². The van der Waals surface area contributed by atoms with Crippen LogP contribution in [0.5, 0.6) is 5.75 Å². The van der Waals surface area contributed by atoms with E-state index in [4.69, 9.17) is 4.74 Å². The molecule has 1 saturated carbocycles. The lowest BCUT2D eigenvalue weighted by molar-refractivity contribution is -0.124. The van der Waals surface area contributed by atoms with Crippen molar-refractivity contribution in [2.45, 2.75) is 18.9 Å². The second-order valence-corrected chi connectivity index (χ2v) is 5.37. The Kier molecular flexibility index (Phi) is 4.04. The summed E-state index contributed by atoms with van der Waals surface area (Å²) < 4.78 is 19.8. The van der Waals surface area contributed by atoms with Gasteiger partial charge in [-0.3, -0.25) is 9.48 Å².